The fourth-order valence-corrected chi connectivity index (χ4v) is 3.25. The van der Waals surface area contributed by atoms with E-state index in [1.807, 2.05) is 6.07 Å². The number of rotatable bonds is 4. The van der Waals surface area contributed by atoms with Gasteiger partial charge in [-0.25, -0.2) is 13.8 Å². The molecule has 27 heavy (non-hydrogen) atoms. The summed E-state index contributed by atoms with van der Waals surface area (Å²) < 4.78 is 33.7. The number of ketones is 1. The molecule has 140 valence electrons. The predicted molar refractivity (Wildman–Crippen MR) is 96.4 cm³/mol. The van der Waals surface area contributed by atoms with E-state index in [0.29, 0.717) is 30.8 Å². The van der Waals surface area contributed by atoms with Gasteiger partial charge >= 0.3 is 0 Å². The molecule has 3 heterocycles. The molecule has 8 heteroatoms. The lowest BCUT2D eigenvalue weighted by Gasteiger charge is -2.26. The molecule has 0 radical (unpaired) electrons. The quantitative estimate of drug-likeness (QED) is 0.543. The van der Waals surface area contributed by atoms with Crippen LogP contribution in [0, 0.1) is 11.6 Å². The van der Waals surface area contributed by atoms with Crippen LogP contribution in [-0.4, -0.2) is 47.0 Å². The average molecular weight is 372 g/mol. The molecule has 1 aromatic carbocycles. The minimum atomic E-state index is -1.05. The number of H-pyrrole nitrogens is 1. The number of fused-ring (bicyclic) bond motifs is 1. The lowest BCUT2D eigenvalue weighted by Crippen LogP contribution is -2.35. The SMILES string of the molecule is Nc1ccc(F)c(C(=O)c2c[nH]c3ncc(CN4CCOCC4)cc23)c1F. The maximum atomic E-state index is 14.3. The molecule has 1 aliphatic rings. The highest BCUT2D eigenvalue weighted by atomic mass is 19.1. The number of pyridine rings is 1. The number of ether oxygens (including phenoxy) is 1. The highest BCUT2D eigenvalue weighted by molar-refractivity contribution is 6.16. The third kappa shape index (κ3) is 3.29. The van der Waals surface area contributed by atoms with Crippen molar-refractivity contribution in [1.29, 1.82) is 0 Å². The molecule has 0 spiro atoms. The van der Waals surface area contributed by atoms with Crippen LogP contribution in [-0.2, 0) is 11.3 Å². The molecule has 0 unspecified atom stereocenters. The summed E-state index contributed by atoms with van der Waals surface area (Å²) in [6, 6.07) is 3.91. The largest absolute Gasteiger partial charge is 0.396 e. The second-order valence-electron chi connectivity index (χ2n) is 6.49. The standard InChI is InChI=1S/C19H18F2N4O2/c20-14-1-2-15(22)17(21)16(14)18(26)13-9-24-19-12(13)7-11(8-23-19)10-25-3-5-27-6-4-25/h1-2,7-9H,3-6,10,22H2,(H,23,24). The molecule has 0 atom stereocenters. The zero-order chi connectivity index (χ0) is 19.0. The van der Waals surface area contributed by atoms with E-state index < -0.39 is 23.0 Å². The maximum Gasteiger partial charge on any atom is 0.201 e. The van der Waals surface area contributed by atoms with E-state index in [1.54, 1.807) is 6.20 Å². The number of hydrogen-bond donors (Lipinski definition) is 2. The van der Waals surface area contributed by atoms with E-state index in [1.165, 1.54) is 6.20 Å². The number of nitrogens with zero attached hydrogens (tertiary/aromatic N) is 2. The Kier molecular flexibility index (Phi) is 4.59. The fraction of sp³-hybridized carbons (Fsp3) is 0.263. The Labute approximate surface area is 153 Å². The third-order valence-corrected chi connectivity index (χ3v) is 4.69. The molecule has 6 nitrogen and oxygen atoms in total. The fourth-order valence-electron chi connectivity index (χ4n) is 3.25. The number of nitrogens with two attached hydrogens (primary N) is 1. The number of aromatic amines is 1. The number of carbonyl (C=O) groups excluding carboxylic acids is 1. The average Bonchev–Trinajstić information content (AvgIpc) is 3.09. The highest BCUT2D eigenvalue weighted by Gasteiger charge is 2.24. The van der Waals surface area contributed by atoms with Crippen LogP contribution in [0.15, 0.2) is 30.6 Å². The van der Waals surface area contributed by atoms with Gasteiger partial charge < -0.3 is 15.5 Å². The minimum absolute atomic E-state index is 0.157. The van der Waals surface area contributed by atoms with Crippen molar-refractivity contribution in [3.8, 4) is 0 Å². The Bertz CT molecular complexity index is 1010. The van der Waals surface area contributed by atoms with Crippen LogP contribution in [0.25, 0.3) is 11.0 Å². The number of nitrogens with one attached hydrogen (secondary N) is 1. The maximum absolute atomic E-state index is 14.3. The first-order valence-corrected chi connectivity index (χ1v) is 8.59. The van der Waals surface area contributed by atoms with Gasteiger partial charge in [0.2, 0.25) is 5.78 Å². The lowest BCUT2D eigenvalue weighted by molar-refractivity contribution is 0.0341. The summed E-state index contributed by atoms with van der Waals surface area (Å²) in [6.45, 7) is 3.65. The molecular weight excluding hydrogens is 354 g/mol. The van der Waals surface area contributed by atoms with E-state index in [0.717, 1.165) is 30.8 Å². The number of morpholine rings is 1. The second-order valence-corrected chi connectivity index (χ2v) is 6.49. The summed E-state index contributed by atoms with van der Waals surface area (Å²) in [4.78, 5) is 22.2. The van der Waals surface area contributed by atoms with E-state index in [-0.39, 0.29) is 11.3 Å². The Balaban J connectivity index is 1.71. The van der Waals surface area contributed by atoms with Crippen LogP contribution in [0.5, 0.6) is 0 Å². The van der Waals surface area contributed by atoms with Crippen molar-refractivity contribution >= 4 is 22.5 Å². The van der Waals surface area contributed by atoms with Gasteiger partial charge in [-0.15, -0.1) is 0 Å². The number of hydrogen-bond acceptors (Lipinski definition) is 5. The first-order chi connectivity index (χ1) is 13.0. The summed E-state index contributed by atoms with van der Waals surface area (Å²) in [6.07, 6.45) is 3.14. The molecule has 3 N–H and O–H groups in total. The van der Waals surface area contributed by atoms with Crippen molar-refractivity contribution in [3.05, 3.63) is 58.9 Å². The van der Waals surface area contributed by atoms with E-state index in [4.69, 9.17) is 10.5 Å². The molecule has 3 aromatic rings. The zero-order valence-electron chi connectivity index (χ0n) is 14.5. The molecule has 2 aromatic heterocycles. The van der Waals surface area contributed by atoms with E-state index in [2.05, 4.69) is 14.9 Å². The van der Waals surface area contributed by atoms with Crippen LogP contribution in [0.2, 0.25) is 0 Å². The topological polar surface area (TPSA) is 84.2 Å². The summed E-state index contributed by atoms with van der Waals surface area (Å²) in [5.74, 6) is -2.76. The molecule has 0 bridgehead atoms. The molecule has 1 aliphatic heterocycles. The van der Waals surface area contributed by atoms with Gasteiger partial charge in [0.1, 0.15) is 11.5 Å². The summed E-state index contributed by atoms with van der Waals surface area (Å²) in [5, 5.41) is 0.520. The van der Waals surface area contributed by atoms with Gasteiger partial charge in [0, 0.05) is 43.0 Å². The smallest absolute Gasteiger partial charge is 0.201 e. The van der Waals surface area contributed by atoms with Crippen molar-refractivity contribution in [2.75, 3.05) is 32.0 Å². The Morgan fingerprint density at radius 2 is 2.07 bits per heavy atom. The number of aromatic nitrogens is 2. The number of carbonyl (C=O) groups is 1. The van der Waals surface area contributed by atoms with Crippen molar-refractivity contribution in [2.45, 2.75) is 6.54 Å². The van der Waals surface area contributed by atoms with Crippen LogP contribution in [0.3, 0.4) is 0 Å². The van der Waals surface area contributed by atoms with Gasteiger partial charge in [-0.05, 0) is 23.8 Å². The monoisotopic (exact) mass is 372 g/mol. The van der Waals surface area contributed by atoms with Crippen molar-refractivity contribution < 1.29 is 18.3 Å². The van der Waals surface area contributed by atoms with Crippen molar-refractivity contribution in [3.63, 3.8) is 0 Å². The van der Waals surface area contributed by atoms with Crippen LogP contribution in [0.4, 0.5) is 14.5 Å². The summed E-state index contributed by atoms with van der Waals surface area (Å²) >= 11 is 0. The van der Waals surface area contributed by atoms with Gasteiger partial charge in [-0.2, -0.15) is 0 Å². The third-order valence-electron chi connectivity index (χ3n) is 4.69. The number of benzene rings is 1. The van der Waals surface area contributed by atoms with E-state index in [9.17, 15) is 13.6 Å². The number of anilines is 1. The summed E-state index contributed by atoms with van der Waals surface area (Å²) in [5.41, 5.74) is 6.11. The first-order valence-electron chi connectivity index (χ1n) is 8.59. The normalized spacial score (nSPS) is 15.3. The zero-order valence-corrected chi connectivity index (χ0v) is 14.5. The Morgan fingerprint density at radius 1 is 1.30 bits per heavy atom. The highest BCUT2D eigenvalue weighted by Crippen LogP contribution is 2.26. The Morgan fingerprint density at radius 3 is 2.85 bits per heavy atom. The molecule has 0 aliphatic carbocycles. The second kappa shape index (κ2) is 7.05. The molecular formula is C19H18F2N4O2. The minimum Gasteiger partial charge on any atom is -0.396 e. The van der Waals surface area contributed by atoms with Crippen molar-refractivity contribution in [1.82, 2.24) is 14.9 Å². The van der Waals surface area contributed by atoms with Crippen LogP contribution < -0.4 is 5.73 Å². The van der Waals surface area contributed by atoms with Gasteiger partial charge in [-0.1, -0.05) is 0 Å². The Hall–Kier alpha value is -2.84. The number of nitrogen functional groups attached to an aromatic ring is 1. The van der Waals surface area contributed by atoms with Gasteiger partial charge in [-0.3, -0.25) is 9.69 Å². The van der Waals surface area contributed by atoms with Crippen molar-refractivity contribution in [2.24, 2.45) is 0 Å². The molecule has 1 fully saturated rings. The molecule has 4 rings (SSSR count). The van der Waals surface area contributed by atoms with Gasteiger partial charge in [0.05, 0.1) is 24.5 Å². The molecule has 0 saturated carbocycles. The molecule has 1 saturated heterocycles. The molecule has 0 amide bonds. The summed E-state index contributed by atoms with van der Waals surface area (Å²) in [7, 11) is 0. The lowest BCUT2D eigenvalue weighted by atomic mass is 10.0. The van der Waals surface area contributed by atoms with Crippen LogP contribution in [0.1, 0.15) is 21.5 Å². The first kappa shape index (κ1) is 17.6. The predicted octanol–water partition coefficient (Wildman–Crippen LogP) is 2.49. The van der Waals surface area contributed by atoms with Gasteiger partial charge in [0.15, 0.2) is 5.82 Å². The van der Waals surface area contributed by atoms with Crippen LogP contribution >= 0.6 is 0 Å². The van der Waals surface area contributed by atoms with E-state index >= 15 is 0 Å². The van der Waals surface area contributed by atoms with Gasteiger partial charge in [0.25, 0.3) is 0 Å². The number of halogens is 2.